The third-order valence-corrected chi connectivity index (χ3v) is 3.00. The van der Waals surface area contributed by atoms with Crippen LogP contribution in [0.15, 0.2) is 18.2 Å². The minimum Gasteiger partial charge on any atom is -0.479 e. The van der Waals surface area contributed by atoms with Gasteiger partial charge in [-0.3, -0.25) is 9.59 Å². The summed E-state index contributed by atoms with van der Waals surface area (Å²) in [4.78, 5) is 22.8. The van der Waals surface area contributed by atoms with E-state index in [9.17, 15) is 9.59 Å². The summed E-state index contributed by atoms with van der Waals surface area (Å²) >= 11 is 0. The summed E-state index contributed by atoms with van der Waals surface area (Å²) in [6.45, 7) is 3.49. The first kappa shape index (κ1) is 13.4. The highest BCUT2D eigenvalue weighted by atomic mass is 16.5. The molecule has 6 nitrogen and oxygen atoms in total. The van der Waals surface area contributed by atoms with Gasteiger partial charge in [0.05, 0.1) is 18.3 Å². The lowest BCUT2D eigenvalue weighted by atomic mass is 10.1. The van der Waals surface area contributed by atoms with Crippen LogP contribution in [0, 0.1) is 0 Å². The highest BCUT2D eigenvalue weighted by Crippen LogP contribution is 2.32. The molecule has 1 heterocycles. The van der Waals surface area contributed by atoms with Crippen LogP contribution in [0.2, 0.25) is 0 Å². The maximum absolute atomic E-state index is 11.5. The van der Waals surface area contributed by atoms with Crippen molar-refractivity contribution in [1.29, 1.82) is 0 Å². The van der Waals surface area contributed by atoms with E-state index < -0.39 is 6.10 Å². The van der Waals surface area contributed by atoms with Crippen molar-refractivity contribution in [1.82, 2.24) is 5.32 Å². The van der Waals surface area contributed by atoms with E-state index >= 15 is 0 Å². The number of amides is 2. The molecular weight excluding hydrogens is 246 g/mol. The first-order chi connectivity index (χ1) is 9.01. The summed E-state index contributed by atoms with van der Waals surface area (Å²) < 4.78 is 5.46. The summed E-state index contributed by atoms with van der Waals surface area (Å²) in [7, 11) is 0. The molecule has 1 aliphatic rings. The van der Waals surface area contributed by atoms with Crippen molar-refractivity contribution < 1.29 is 14.3 Å². The molecule has 2 amide bonds. The van der Waals surface area contributed by atoms with Gasteiger partial charge >= 0.3 is 0 Å². The largest absolute Gasteiger partial charge is 0.479 e. The minimum absolute atomic E-state index is 0.0490. The zero-order valence-electron chi connectivity index (χ0n) is 10.9. The number of rotatable bonds is 3. The number of nitrogens with two attached hydrogens (primary N) is 1. The molecule has 0 aromatic heterocycles. The van der Waals surface area contributed by atoms with Gasteiger partial charge in [0.15, 0.2) is 6.10 Å². The zero-order valence-corrected chi connectivity index (χ0v) is 10.9. The molecule has 2 unspecified atom stereocenters. The van der Waals surface area contributed by atoms with E-state index in [-0.39, 0.29) is 24.4 Å². The van der Waals surface area contributed by atoms with Crippen molar-refractivity contribution in [3.05, 3.63) is 23.8 Å². The quantitative estimate of drug-likeness (QED) is 0.742. The molecule has 102 valence electrons. The van der Waals surface area contributed by atoms with Gasteiger partial charge in [-0.1, -0.05) is 6.07 Å². The van der Waals surface area contributed by atoms with E-state index in [1.54, 1.807) is 19.1 Å². The number of hydrogen-bond donors (Lipinski definition) is 3. The van der Waals surface area contributed by atoms with Gasteiger partial charge in [0.25, 0.3) is 5.91 Å². The summed E-state index contributed by atoms with van der Waals surface area (Å²) in [6.07, 6.45) is -0.493. The van der Waals surface area contributed by atoms with Crippen molar-refractivity contribution >= 4 is 17.5 Å². The molecule has 0 saturated heterocycles. The summed E-state index contributed by atoms with van der Waals surface area (Å²) in [6, 6.07) is 5.24. The Morgan fingerprint density at radius 1 is 1.58 bits per heavy atom. The molecular formula is C13H17N3O3. The van der Waals surface area contributed by atoms with E-state index in [0.717, 1.165) is 5.56 Å². The fourth-order valence-electron chi connectivity index (χ4n) is 1.88. The Balaban J connectivity index is 2.19. The number of anilines is 1. The summed E-state index contributed by atoms with van der Waals surface area (Å²) in [5.74, 6) is 0.232. The number of ether oxygens (including phenoxy) is 1. The van der Waals surface area contributed by atoms with Gasteiger partial charge in [-0.15, -0.1) is 0 Å². The molecule has 1 aromatic carbocycles. The van der Waals surface area contributed by atoms with Crippen molar-refractivity contribution in [3.63, 3.8) is 0 Å². The second-order valence-corrected chi connectivity index (χ2v) is 4.50. The third-order valence-electron chi connectivity index (χ3n) is 3.00. The van der Waals surface area contributed by atoms with Crippen LogP contribution in [-0.4, -0.2) is 24.5 Å². The summed E-state index contributed by atoms with van der Waals surface area (Å²) in [5.41, 5.74) is 6.75. The van der Waals surface area contributed by atoms with Gasteiger partial charge in [-0.05, 0) is 31.5 Å². The lowest BCUT2D eigenvalue weighted by Gasteiger charge is -2.24. The number of benzene rings is 1. The minimum atomic E-state index is -0.493. The second kappa shape index (κ2) is 5.27. The maximum atomic E-state index is 11.5. The van der Waals surface area contributed by atoms with E-state index in [2.05, 4.69) is 10.6 Å². The number of fused-ring (bicyclic) bond motifs is 1. The monoisotopic (exact) mass is 263 g/mol. The molecule has 0 radical (unpaired) electrons. The first-order valence-corrected chi connectivity index (χ1v) is 6.12. The zero-order chi connectivity index (χ0) is 14.0. The van der Waals surface area contributed by atoms with E-state index in [0.29, 0.717) is 11.4 Å². The highest BCUT2D eigenvalue weighted by molar-refractivity contribution is 5.97. The molecule has 1 aromatic rings. The standard InChI is InChI=1S/C13H17N3O3/c1-7(15-12(17)6-14)9-3-4-11-10(5-9)16-13(18)8(2)19-11/h3-5,7-8H,6,14H2,1-2H3,(H,15,17)(H,16,18). The second-order valence-electron chi connectivity index (χ2n) is 4.50. The highest BCUT2D eigenvalue weighted by Gasteiger charge is 2.24. The van der Waals surface area contributed by atoms with E-state index in [1.807, 2.05) is 13.0 Å². The molecule has 4 N–H and O–H groups in total. The van der Waals surface area contributed by atoms with Crippen LogP contribution in [0.4, 0.5) is 5.69 Å². The van der Waals surface area contributed by atoms with Gasteiger partial charge in [0.2, 0.25) is 5.91 Å². The molecule has 6 heteroatoms. The van der Waals surface area contributed by atoms with Crippen LogP contribution in [-0.2, 0) is 9.59 Å². The third kappa shape index (κ3) is 2.85. The lowest BCUT2D eigenvalue weighted by Crippen LogP contribution is -2.35. The Bertz CT molecular complexity index is 516. The normalized spacial score (nSPS) is 18.9. The molecule has 0 saturated carbocycles. The lowest BCUT2D eigenvalue weighted by molar-refractivity contribution is -0.123. The Hall–Kier alpha value is -2.08. The molecule has 0 fully saturated rings. The van der Waals surface area contributed by atoms with Crippen LogP contribution in [0.1, 0.15) is 25.5 Å². The SMILES string of the molecule is CC1Oc2ccc(C(C)NC(=O)CN)cc2NC1=O. The molecule has 2 atom stereocenters. The van der Waals surface area contributed by atoms with Gasteiger partial charge in [-0.2, -0.15) is 0 Å². The number of hydrogen-bond acceptors (Lipinski definition) is 4. The fourth-order valence-corrected chi connectivity index (χ4v) is 1.88. The molecule has 0 bridgehead atoms. The molecule has 0 spiro atoms. The Kier molecular flexibility index (Phi) is 3.71. The summed E-state index contributed by atoms with van der Waals surface area (Å²) in [5, 5.41) is 5.53. The van der Waals surface area contributed by atoms with Crippen molar-refractivity contribution in [3.8, 4) is 5.75 Å². The van der Waals surface area contributed by atoms with Crippen LogP contribution in [0.5, 0.6) is 5.75 Å². The van der Waals surface area contributed by atoms with Crippen LogP contribution < -0.4 is 21.1 Å². The van der Waals surface area contributed by atoms with Gasteiger partial charge < -0.3 is 21.1 Å². The molecule has 2 rings (SSSR count). The Morgan fingerprint density at radius 2 is 2.32 bits per heavy atom. The van der Waals surface area contributed by atoms with E-state index in [4.69, 9.17) is 10.5 Å². The average Bonchev–Trinajstić information content (AvgIpc) is 2.39. The van der Waals surface area contributed by atoms with Crippen molar-refractivity contribution in [2.24, 2.45) is 5.73 Å². The Morgan fingerprint density at radius 3 is 3.00 bits per heavy atom. The van der Waals surface area contributed by atoms with Crippen LogP contribution in [0.25, 0.3) is 0 Å². The van der Waals surface area contributed by atoms with Gasteiger partial charge in [-0.25, -0.2) is 0 Å². The van der Waals surface area contributed by atoms with Crippen LogP contribution in [0.3, 0.4) is 0 Å². The smallest absolute Gasteiger partial charge is 0.265 e. The van der Waals surface area contributed by atoms with Crippen LogP contribution >= 0.6 is 0 Å². The number of carbonyl (C=O) groups excluding carboxylic acids is 2. The molecule has 0 aliphatic carbocycles. The molecule has 19 heavy (non-hydrogen) atoms. The van der Waals surface area contributed by atoms with Crippen molar-refractivity contribution in [2.45, 2.75) is 26.0 Å². The topological polar surface area (TPSA) is 93.4 Å². The van der Waals surface area contributed by atoms with Crippen molar-refractivity contribution in [2.75, 3.05) is 11.9 Å². The average molecular weight is 263 g/mol. The molecule has 1 aliphatic heterocycles. The first-order valence-electron chi connectivity index (χ1n) is 6.12. The van der Waals surface area contributed by atoms with Gasteiger partial charge in [0.1, 0.15) is 5.75 Å². The fraction of sp³-hybridized carbons (Fsp3) is 0.385. The predicted molar refractivity (Wildman–Crippen MR) is 70.8 cm³/mol. The number of nitrogens with one attached hydrogen (secondary N) is 2. The Labute approximate surface area is 111 Å². The maximum Gasteiger partial charge on any atom is 0.265 e. The predicted octanol–water partition coefficient (Wildman–Crippen LogP) is 0.542. The van der Waals surface area contributed by atoms with E-state index in [1.165, 1.54) is 0 Å². The van der Waals surface area contributed by atoms with Gasteiger partial charge in [0, 0.05) is 0 Å². The number of carbonyl (C=O) groups is 2.